The molecular formula is C31H26N8O2. The number of pyridine rings is 1. The van der Waals surface area contributed by atoms with Crippen molar-refractivity contribution in [3.8, 4) is 23.0 Å². The molecule has 1 atom stereocenters. The van der Waals surface area contributed by atoms with Gasteiger partial charge in [0, 0.05) is 19.4 Å². The highest BCUT2D eigenvalue weighted by atomic mass is 16.2. The molecule has 0 aliphatic heterocycles. The van der Waals surface area contributed by atoms with Crippen molar-refractivity contribution in [2.75, 3.05) is 0 Å². The molecule has 0 saturated carbocycles. The maximum absolute atomic E-state index is 14.2. The summed E-state index contributed by atoms with van der Waals surface area (Å²) < 4.78 is 4.83. The lowest BCUT2D eigenvalue weighted by Crippen LogP contribution is -2.31. The van der Waals surface area contributed by atoms with Crippen molar-refractivity contribution in [2.45, 2.75) is 26.8 Å². The Morgan fingerprint density at radius 1 is 1.02 bits per heavy atom. The summed E-state index contributed by atoms with van der Waals surface area (Å²) in [5.41, 5.74) is 5.25. The van der Waals surface area contributed by atoms with E-state index < -0.39 is 6.04 Å². The second-order valence-corrected chi connectivity index (χ2v) is 9.71. The second-order valence-electron chi connectivity index (χ2n) is 9.71. The Morgan fingerprint density at radius 2 is 1.83 bits per heavy atom. The first-order valence-electron chi connectivity index (χ1n) is 13.1. The summed E-state index contributed by atoms with van der Waals surface area (Å²) in [6.45, 7) is 5.51. The Labute approximate surface area is 235 Å². The number of fused-ring (bicyclic) bond motifs is 2. The average molecular weight is 543 g/mol. The molecule has 0 radical (unpaired) electrons. The van der Waals surface area contributed by atoms with Crippen LogP contribution in [0.25, 0.3) is 22.4 Å². The van der Waals surface area contributed by atoms with E-state index in [4.69, 9.17) is 4.98 Å². The van der Waals surface area contributed by atoms with Gasteiger partial charge >= 0.3 is 0 Å². The van der Waals surface area contributed by atoms with Crippen LogP contribution in [0.5, 0.6) is 0 Å². The van der Waals surface area contributed by atoms with E-state index >= 15 is 0 Å². The summed E-state index contributed by atoms with van der Waals surface area (Å²) in [5, 5.41) is 11.7. The van der Waals surface area contributed by atoms with Crippen LogP contribution in [0.1, 0.15) is 51.7 Å². The normalized spacial score (nSPS) is 11.8. The molecule has 6 rings (SSSR count). The Hall–Kier alpha value is -5.56. The Balaban J connectivity index is 1.48. The molecule has 202 valence electrons. The van der Waals surface area contributed by atoms with Crippen LogP contribution in [0, 0.1) is 25.7 Å². The van der Waals surface area contributed by atoms with Crippen LogP contribution in [0.15, 0.2) is 78.0 Å². The molecule has 5 heterocycles. The highest BCUT2D eigenvalue weighted by molar-refractivity contribution is 6.01. The van der Waals surface area contributed by atoms with Gasteiger partial charge in [0.2, 0.25) is 0 Å². The van der Waals surface area contributed by atoms with Crippen molar-refractivity contribution in [2.24, 2.45) is 7.05 Å². The predicted octanol–water partition coefficient (Wildman–Crippen LogP) is 3.65. The van der Waals surface area contributed by atoms with Crippen LogP contribution in [-0.2, 0) is 7.05 Å². The van der Waals surface area contributed by atoms with Gasteiger partial charge in [0.25, 0.3) is 11.5 Å². The zero-order valence-electron chi connectivity index (χ0n) is 23.0. The van der Waals surface area contributed by atoms with Gasteiger partial charge in [0.1, 0.15) is 16.9 Å². The molecule has 0 aliphatic rings. The standard InChI is InChI=1S/C31H26N8O2/c1-19-26(29-32-16-9-17-38(29)36-19)30(40)34-20(2)28-27(22-10-6-5-7-11-22)31(41)39-24(12-8-13-25(39)35-28)15-14-23-18-33-37(4)21(23)3/h5-13,16-18,20H,1-4H3,(H,34,40)/t20-/m0/s1. The van der Waals surface area contributed by atoms with Crippen molar-refractivity contribution in [3.05, 3.63) is 117 Å². The minimum atomic E-state index is -0.610. The topological polar surface area (TPSA) is 111 Å². The number of carbonyl (C=O) groups excluding carboxylic acids is 1. The van der Waals surface area contributed by atoms with Crippen LogP contribution in [-0.4, -0.2) is 39.7 Å². The van der Waals surface area contributed by atoms with Crippen molar-refractivity contribution in [1.82, 2.24) is 39.1 Å². The summed E-state index contributed by atoms with van der Waals surface area (Å²) >= 11 is 0. The van der Waals surface area contributed by atoms with E-state index in [0.717, 1.165) is 11.3 Å². The SMILES string of the molecule is Cc1nn2cccnc2c1C(=O)N[C@@H](C)c1nc2cccc(C#Cc3cnn(C)c3C)n2c(=O)c1-c1ccccc1. The zero-order chi connectivity index (χ0) is 28.7. The van der Waals surface area contributed by atoms with Crippen molar-refractivity contribution >= 4 is 17.2 Å². The van der Waals surface area contributed by atoms with Gasteiger partial charge in [-0.1, -0.05) is 42.3 Å². The molecule has 6 aromatic rings. The fourth-order valence-corrected chi connectivity index (χ4v) is 4.84. The Morgan fingerprint density at radius 3 is 2.59 bits per heavy atom. The number of rotatable bonds is 4. The largest absolute Gasteiger partial charge is 0.344 e. The first-order chi connectivity index (χ1) is 19.8. The fraction of sp³-hybridized carbons (Fsp3) is 0.161. The lowest BCUT2D eigenvalue weighted by Gasteiger charge is -2.18. The molecule has 10 heteroatoms. The molecule has 0 aliphatic carbocycles. The highest BCUT2D eigenvalue weighted by Gasteiger charge is 2.25. The van der Waals surface area contributed by atoms with Gasteiger partial charge in [-0.05, 0) is 50.5 Å². The lowest BCUT2D eigenvalue weighted by atomic mass is 10.0. The Kier molecular flexibility index (Phi) is 6.40. The quantitative estimate of drug-likeness (QED) is 0.341. The number of carbonyl (C=O) groups is 1. The van der Waals surface area contributed by atoms with Crippen molar-refractivity contribution < 1.29 is 4.79 Å². The smallest absolute Gasteiger partial charge is 0.267 e. The molecule has 1 aromatic carbocycles. The molecule has 1 N–H and O–H groups in total. The molecular weight excluding hydrogens is 516 g/mol. The molecule has 0 bridgehead atoms. The van der Waals surface area contributed by atoms with Gasteiger partial charge in [-0.3, -0.25) is 18.7 Å². The number of aryl methyl sites for hydroxylation is 2. The lowest BCUT2D eigenvalue weighted by molar-refractivity contribution is 0.0940. The van der Waals surface area contributed by atoms with Gasteiger partial charge in [-0.15, -0.1) is 0 Å². The van der Waals surface area contributed by atoms with Crippen LogP contribution in [0.2, 0.25) is 0 Å². The van der Waals surface area contributed by atoms with Crippen molar-refractivity contribution in [1.29, 1.82) is 0 Å². The summed E-state index contributed by atoms with van der Waals surface area (Å²) in [6, 6.07) is 15.8. The third-order valence-electron chi connectivity index (χ3n) is 7.06. The molecule has 0 spiro atoms. The van der Waals surface area contributed by atoms with Gasteiger partial charge < -0.3 is 5.32 Å². The molecule has 10 nitrogen and oxygen atoms in total. The van der Waals surface area contributed by atoms with Gasteiger partial charge in [-0.25, -0.2) is 14.5 Å². The molecule has 0 unspecified atom stereocenters. The van der Waals surface area contributed by atoms with E-state index in [9.17, 15) is 9.59 Å². The van der Waals surface area contributed by atoms with Crippen LogP contribution >= 0.6 is 0 Å². The monoisotopic (exact) mass is 542 g/mol. The van der Waals surface area contributed by atoms with Gasteiger partial charge in [0.05, 0.1) is 40.4 Å². The maximum Gasteiger partial charge on any atom is 0.267 e. The number of benzene rings is 1. The first kappa shape index (κ1) is 25.7. The maximum atomic E-state index is 14.2. The van der Waals surface area contributed by atoms with Crippen LogP contribution in [0.3, 0.4) is 0 Å². The van der Waals surface area contributed by atoms with Gasteiger partial charge in [-0.2, -0.15) is 10.2 Å². The molecule has 1 amide bonds. The van der Waals surface area contributed by atoms with E-state index in [2.05, 4.69) is 32.3 Å². The van der Waals surface area contributed by atoms with Crippen LogP contribution < -0.4 is 10.9 Å². The van der Waals surface area contributed by atoms with Crippen molar-refractivity contribution in [3.63, 3.8) is 0 Å². The minimum Gasteiger partial charge on any atom is -0.344 e. The number of hydrogen-bond donors (Lipinski definition) is 1. The highest BCUT2D eigenvalue weighted by Crippen LogP contribution is 2.25. The molecule has 41 heavy (non-hydrogen) atoms. The number of amides is 1. The third kappa shape index (κ3) is 4.53. The summed E-state index contributed by atoms with van der Waals surface area (Å²) in [7, 11) is 1.86. The van der Waals surface area contributed by atoms with E-state index in [1.54, 1.807) is 52.9 Å². The molecule has 5 aromatic heterocycles. The third-order valence-corrected chi connectivity index (χ3v) is 7.06. The minimum absolute atomic E-state index is 0.279. The van der Waals surface area contributed by atoms with Gasteiger partial charge in [0.15, 0.2) is 5.65 Å². The summed E-state index contributed by atoms with van der Waals surface area (Å²) in [5.74, 6) is 5.92. The summed E-state index contributed by atoms with van der Waals surface area (Å²) in [6.07, 6.45) is 5.06. The van der Waals surface area contributed by atoms with E-state index in [1.807, 2.05) is 57.3 Å². The zero-order valence-corrected chi connectivity index (χ0v) is 23.0. The molecule has 0 fully saturated rings. The molecule has 0 saturated heterocycles. The number of aromatic nitrogens is 7. The number of hydrogen-bond acceptors (Lipinski definition) is 6. The van der Waals surface area contributed by atoms with Crippen LogP contribution in [0.4, 0.5) is 0 Å². The average Bonchev–Trinajstić information content (AvgIpc) is 3.49. The van der Waals surface area contributed by atoms with E-state index in [1.165, 1.54) is 4.40 Å². The second kappa shape index (κ2) is 10.2. The number of nitrogens with zero attached hydrogens (tertiary/aromatic N) is 7. The Bertz CT molecular complexity index is 2080. The number of nitrogens with one attached hydrogen (secondary N) is 1. The summed E-state index contributed by atoms with van der Waals surface area (Å²) in [4.78, 5) is 36.9. The van der Waals surface area contributed by atoms with E-state index in [0.29, 0.717) is 45.1 Å². The predicted molar refractivity (Wildman–Crippen MR) is 154 cm³/mol. The first-order valence-corrected chi connectivity index (χ1v) is 13.1. The fourth-order valence-electron chi connectivity index (χ4n) is 4.84. The van der Waals surface area contributed by atoms with E-state index in [-0.39, 0.29) is 11.5 Å².